The Balaban J connectivity index is 2.13. The van der Waals surface area contributed by atoms with Gasteiger partial charge in [-0.3, -0.25) is 4.57 Å². The van der Waals surface area contributed by atoms with E-state index >= 15 is 0 Å². The van der Waals surface area contributed by atoms with E-state index < -0.39 is 0 Å². The molecule has 1 heterocycles. The molecule has 0 spiro atoms. The Morgan fingerprint density at radius 3 is 2.47 bits per heavy atom. The van der Waals surface area contributed by atoms with Gasteiger partial charge in [-0.05, 0) is 36.4 Å². The first kappa shape index (κ1) is 11.9. The van der Waals surface area contributed by atoms with Gasteiger partial charge in [-0.25, -0.2) is 4.39 Å². The molecule has 94 valence electrons. The zero-order valence-electron chi connectivity index (χ0n) is 9.79. The predicted molar refractivity (Wildman–Crippen MR) is 71.8 cm³/mol. The largest absolute Gasteiger partial charge is 0.282 e. The van der Waals surface area contributed by atoms with Crippen LogP contribution in [0.2, 0.25) is 5.02 Å². The van der Waals surface area contributed by atoms with Crippen molar-refractivity contribution < 1.29 is 4.39 Å². The SMILES string of the molecule is Fc1ccc(-n2cnnc2-c2ccccc2Cl)cc1. The highest BCUT2D eigenvalue weighted by Crippen LogP contribution is 2.27. The van der Waals surface area contributed by atoms with Gasteiger partial charge in [0.15, 0.2) is 5.82 Å². The van der Waals surface area contributed by atoms with Gasteiger partial charge in [0, 0.05) is 11.3 Å². The van der Waals surface area contributed by atoms with Gasteiger partial charge < -0.3 is 0 Å². The lowest BCUT2D eigenvalue weighted by Gasteiger charge is -2.07. The third-order valence-corrected chi connectivity index (χ3v) is 3.10. The Hall–Kier alpha value is -2.20. The van der Waals surface area contributed by atoms with E-state index in [4.69, 9.17) is 11.6 Å². The number of hydrogen-bond donors (Lipinski definition) is 0. The fourth-order valence-electron chi connectivity index (χ4n) is 1.85. The molecule has 2 aromatic carbocycles. The molecule has 0 aliphatic rings. The number of nitrogens with zero attached hydrogens (tertiary/aromatic N) is 3. The third kappa shape index (κ3) is 2.22. The minimum atomic E-state index is -0.281. The van der Waals surface area contributed by atoms with Gasteiger partial charge in [0.05, 0.1) is 5.02 Å². The minimum absolute atomic E-state index is 0.281. The molecule has 0 saturated carbocycles. The Bertz CT molecular complexity index is 707. The molecule has 0 saturated heterocycles. The molecule has 0 N–H and O–H groups in total. The molecule has 0 amide bonds. The van der Waals surface area contributed by atoms with Crippen LogP contribution >= 0.6 is 11.6 Å². The van der Waals surface area contributed by atoms with E-state index in [0.717, 1.165) is 11.3 Å². The van der Waals surface area contributed by atoms with E-state index in [9.17, 15) is 4.39 Å². The van der Waals surface area contributed by atoms with Crippen LogP contribution in [0.15, 0.2) is 54.9 Å². The monoisotopic (exact) mass is 273 g/mol. The van der Waals surface area contributed by atoms with E-state index in [1.807, 2.05) is 18.2 Å². The molecule has 3 nitrogen and oxygen atoms in total. The first-order chi connectivity index (χ1) is 9.25. The summed E-state index contributed by atoms with van der Waals surface area (Å²) in [6.45, 7) is 0. The number of rotatable bonds is 2. The fourth-order valence-corrected chi connectivity index (χ4v) is 2.07. The highest BCUT2D eigenvalue weighted by atomic mass is 35.5. The molecule has 19 heavy (non-hydrogen) atoms. The number of halogens is 2. The molecule has 0 atom stereocenters. The lowest BCUT2D eigenvalue weighted by atomic mass is 10.2. The van der Waals surface area contributed by atoms with Crippen LogP contribution < -0.4 is 0 Å². The van der Waals surface area contributed by atoms with Crippen molar-refractivity contribution in [1.29, 1.82) is 0 Å². The quantitative estimate of drug-likeness (QED) is 0.712. The third-order valence-electron chi connectivity index (χ3n) is 2.77. The summed E-state index contributed by atoms with van der Waals surface area (Å²) in [5.41, 5.74) is 1.56. The lowest BCUT2D eigenvalue weighted by molar-refractivity contribution is 0.627. The first-order valence-electron chi connectivity index (χ1n) is 5.66. The van der Waals surface area contributed by atoms with Gasteiger partial charge in [0.2, 0.25) is 0 Å². The average molecular weight is 274 g/mol. The van der Waals surface area contributed by atoms with Crippen LogP contribution in [0.3, 0.4) is 0 Å². The summed E-state index contributed by atoms with van der Waals surface area (Å²) in [4.78, 5) is 0. The second-order valence-corrected chi connectivity index (χ2v) is 4.39. The molecule has 0 unspecified atom stereocenters. The van der Waals surface area contributed by atoms with Crippen LogP contribution in [0.5, 0.6) is 0 Å². The summed E-state index contributed by atoms with van der Waals surface area (Å²) in [5, 5.41) is 8.58. The van der Waals surface area contributed by atoms with Gasteiger partial charge in [0.25, 0.3) is 0 Å². The Labute approximate surface area is 114 Å². The average Bonchev–Trinajstić information content (AvgIpc) is 2.89. The molecule has 0 radical (unpaired) electrons. The fraction of sp³-hybridized carbons (Fsp3) is 0. The van der Waals surface area contributed by atoms with Gasteiger partial charge in [-0.2, -0.15) is 0 Å². The molecule has 0 aliphatic heterocycles. The molecular weight excluding hydrogens is 265 g/mol. The molecule has 1 aromatic heterocycles. The van der Waals surface area contributed by atoms with Crippen molar-refractivity contribution in [2.24, 2.45) is 0 Å². The van der Waals surface area contributed by atoms with Crippen LogP contribution in [0.1, 0.15) is 0 Å². The van der Waals surface area contributed by atoms with E-state index in [0.29, 0.717) is 10.8 Å². The van der Waals surface area contributed by atoms with Crippen molar-refractivity contribution in [3.05, 3.63) is 65.7 Å². The Morgan fingerprint density at radius 1 is 1.00 bits per heavy atom. The summed E-state index contributed by atoms with van der Waals surface area (Å²) in [6.07, 6.45) is 1.58. The van der Waals surface area contributed by atoms with Crippen molar-refractivity contribution in [1.82, 2.24) is 14.8 Å². The van der Waals surface area contributed by atoms with Crippen molar-refractivity contribution in [3.8, 4) is 17.1 Å². The van der Waals surface area contributed by atoms with E-state index in [-0.39, 0.29) is 5.82 Å². The maximum Gasteiger partial charge on any atom is 0.169 e. The number of aromatic nitrogens is 3. The lowest BCUT2D eigenvalue weighted by Crippen LogP contribution is -1.96. The predicted octanol–water partition coefficient (Wildman–Crippen LogP) is 3.73. The van der Waals surface area contributed by atoms with Crippen molar-refractivity contribution in [2.75, 3.05) is 0 Å². The van der Waals surface area contributed by atoms with Crippen molar-refractivity contribution in [2.45, 2.75) is 0 Å². The first-order valence-corrected chi connectivity index (χ1v) is 6.04. The van der Waals surface area contributed by atoms with Gasteiger partial charge in [-0.1, -0.05) is 23.7 Å². The normalized spacial score (nSPS) is 10.6. The minimum Gasteiger partial charge on any atom is -0.282 e. The molecule has 5 heteroatoms. The van der Waals surface area contributed by atoms with Crippen LogP contribution in [0.4, 0.5) is 4.39 Å². The molecule has 3 aromatic rings. The highest BCUT2D eigenvalue weighted by Gasteiger charge is 2.11. The molecule has 3 rings (SSSR count). The number of benzene rings is 2. The van der Waals surface area contributed by atoms with Gasteiger partial charge in [-0.15, -0.1) is 10.2 Å². The summed E-state index contributed by atoms with van der Waals surface area (Å²) in [7, 11) is 0. The Kier molecular flexibility index (Phi) is 3.01. The summed E-state index contributed by atoms with van der Waals surface area (Å²) >= 11 is 6.16. The zero-order chi connectivity index (χ0) is 13.2. The van der Waals surface area contributed by atoms with Crippen LogP contribution in [0.25, 0.3) is 17.1 Å². The molecule has 0 fully saturated rings. The maximum atomic E-state index is 13.0. The molecular formula is C14H9ClFN3. The highest BCUT2D eigenvalue weighted by molar-refractivity contribution is 6.33. The van der Waals surface area contributed by atoms with E-state index in [2.05, 4.69) is 10.2 Å². The summed E-state index contributed by atoms with van der Waals surface area (Å²) < 4.78 is 14.7. The maximum absolute atomic E-state index is 13.0. The topological polar surface area (TPSA) is 30.7 Å². The smallest absolute Gasteiger partial charge is 0.169 e. The zero-order valence-corrected chi connectivity index (χ0v) is 10.5. The summed E-state index contributed by atoms with van der Waals surface area (Å²) in [6, 6.07) is 13.5. The standard InChI is InChI=1S/C14H9ClFN3/c15-13-4-2-1-3-12(13)14-18-17-9-19(14)11-7-5-10(16)6-8-11/h1-9H. The van der Waals surface area contributed by atoms with Crippen molar-refractivity contribution in [3.63, 3.8) is 0 Å². The van der Waals surface area contributed by atoms with Gasteiger partial charge >= 0.3 is 0 Å². The van der Waals surface area contributed by atoms with Crippen LogP contribution in [0, 0.1) is 5.82 Å². The Morgan fingerprint density at radius 2 is 1.74 bits per heavy atom. The van der Waals surface area contributed by atoms with E-state index in [1.165, 1.54) is 12.1 Å². The summed E-state index contributed by atoms with van der Waals surface area (Å²) in [5.74, 6) is 0.341. The second kappa shape index (κ2) is 4.82. The molecule has 0 bridgehead atoms. The number of hydrogen-bond acceptors (Lipinski definition) is 2. The van der Waals surface area contributed by atoms with Crippen molar-refractivity contribution >= 4 is 11.6 Å². The van der Waals surface area contributed by atoms with Gasteiger partial charge in [0.1, 0.15) is 12.1 Å². The van der Waals surface area contributed by atoms with Crippen LogP contribution in [-0.2, 0) is 0 Å². The molecule has 0 aliphatic carbocycles. The van der Waals surface area contributed by atoms with E-state index in [1.54, 1.807) is 29.1 Å². The second-order valence-electron chi connectivity index (χ2n) is 3.98. The van der Waals surface area contributed by atoms with Crippen LogP contribution in [-0.4, -0.2) is 14.8 Å².